The van der Waals surface area contributed by atoms with Crippen molar-refractivity contribution in [2.24, 2.45) is 5.84 Å². The van der Waals surface area contributed by atoms with Gasteiger partial charge in [0.1, 0.15) is 5.82 Å². The summed E-state index contributed by atoms with van der Waals surface area (Å²) in [6, 6.07) is 3.60. The smallest absolute Gasteiger partial charge is 0.254 e. The van der Waals surface area contributed by atoms with Gasteiger partial charge >= 0.3 is 0 Å². The van der Waals surface area contributed by atoms with Crippen molar-refractivity contribution in [1.82, 2.24) is 9.88 Å². The van der Waals surface area contributed by atoms with Crippen LogP contribution in [-0.2, 0) is 6.42 Å². The van der Waals surface area contributed by atoms with Gasteiger partial charge in [-0.05, 0) is 31.4 Å². The summed E-state index contributed by atoms with van der Waals surface area (Å²) in [5, 5.41) is 0. The van der Waals surface area contributed by atoms with Crippen molar-refractivity contribution in [1.29, 1.82) is 0 Å². The average Bonchev–Trinajstić information content (AvgIpc) is 2.46. The van der Waals surface area contributed by atoms with Gasteiger partial charge in [-0.2, -0.15) is 0 Å². The summed E-state index contributed by atoms with van der Waals surface area (Å²) >= 11 is 0. The second kappa shape index (κ2) is 8.53. The van der Waals surface area contributed by atoms with E-state index < -0.39 is 0 Å². The Morgan fingerprint density at radius 3 is 2.35 bits per heavy atom. The number of nitrogens with zero attached hydrogens (tertiary/aromatic N) is 2. The molecule has 0 saturated carbocycles. The summed E-state index contributed by atoms with van der Waals surface area (Å²) in [7, 11) is 0. The van der Waals surface area contributed by atoms with Gasteiger partial charge < -0.3 is 10.3 Å². The molecule has 112 valence electrons. The molecule has 0 aliphatic rings. The Labute approximate surface area is 121 Å². The predicted molar refractivity (Wildman–Crippen MR) is 82.5 cm³/mol. The molecule has 5 nitrogen and oxygen atoms in total. The van der Waals surface area contributed by atoms with Crippen molar-refractivity contribution >= 4 is 11.7 Å². The highest BCUT2D eigenvalue weighted by atomic mass is 16.2. The van der Waals surface area contributed by atoms with Gasteiger partial charge in [-0.3, -0.25) is 4.79 Å². The number of pyridine rings is 1. The van der Waals surface area contributed by atoms with E-state index in [1.165, 1.54) is 0 Å². The first-order chi connectivity index (χ1) is 9.65. The molecule has 1 amide bonds. The molecule has 0 spiro atoms. The molecule has 0 saturated heterocycles. The first-order valence-corrected chi connectivity index (χ1v) is 7.43. The van der Waals surface area contributed by atoms with Crippen molar-refractivity contribution in [2.45, 2.75) is 46.5 Å². The average molecular weight is 278 g/mol. The van der Waals surface area contributed by atoms with Crippen LogP contribution in [0.15, 0.2) is 12.1 Å². The van der Waals surface area contributed by atoms with Crippen molar-refractivity contribution in [3.8, 4) is 0 Å². The van der Waals surface area contributed by atoms with Crippen molar-refractivity contribution in [3.63, 3.8) is 0 Å². The fourth-order valence-corrected chi connectivity index (χ4v) is 2.21. The molecule has 5 heteroatoms. The SMILES string of the molecule is CCCc1cc(C(=O)N(CCC)CCC)cc(NN)n1. The highest BCUT2D eigenvalue weighted by molar-refractivity contribution is 5.95. The Kier molecular flexibility index (Phi) is 7.01. The first kappa shape index (κ1) is 16.4. The molecule has 1 rings (SSSR count). The van der Waals surface area contributed by atoms with Crippen molar-refractivity contribution in [2.75, 3.05) is 18.5 Å². The van der Waals surface area contributed by atoms with E-state index in [0.717, 1.165) is 44.5 Å². The maximum absolute atomic E-state index is 12.6. The summed E-state index contributed by atoms with van der Waals surface area (Å²) in [4.78, 5) is 18.8. The fraction of sp³-hybridized carbons (Fsp3) is 0.600. The largest absolute Gasteiger partial charge is 0.339 e. The number of nitrogens with two attached hydrogens (primary N) is 1. The number of hydrazine groups is 1. The molecule has 0 aromatic carbocycles. The summed E-state index contributed by atoms with van der Waals surface area (Å²) in [5.74, 6) is 6.05. The molecule has 1 heterocycles. The Balaban J connectivity index is 3.02. The highest BCUT2D eigenvalue weighted by Crippen LogP contribution is 2.14. The molecule has 1 aromatic heterocycles. The molecular weight excluding hydrogens is 252 g/mol. The molecule has 0 atom stereocenters. The Morgan fingerprint density at radius 1 is 1.20 bits per heavy atom. The van der Waals surface area contributed by atoms with Crippen LogP contribution in [0.25, 0.3) is 0 Å². The second-order valence-electron chi connectivity index (χ2n) is 4.92. The molecule has 0 radical (unpaired) electrons. The Bertz CT molecular complexity index is 428. The van der Waals surface area contributed by atoms with E-state index in [2.05, 4.69) is 31.2 Å². The standard InChI is InChI=1S/C15H26N4O/c1-4-7-13-10-12(11-14(17-13)18-16)15(20)19(8-5-2)9-6-3/h10-11H,4-9,16H2,1-3H3,(H,17,18). The maximum Gasteiger partial charge on any atom is 0.254 e. The van der Waals surface area contributed by atoms with E-state index in [1.54, 1.807) is 6.07 Å². The lowest BCUT2D eigenvalue weighted by Crippen LogP contribution is -2.32. The van der Waals surface area contributed by atoms with Crippen LogP contribution < -0.4 is 11.3 Å². The number of rotatable bonds is 8. The van der Waals surface area contributed by atoms with Crippen LogP contribution in [0.2, 0.25) is 0 Å². The lowest BCUT2D eigenvalue weighted by atomic mass is 10.1. The van der Waals surface area contributed by atoms with Crippen LogP contribution in [0.3, 0.4) is 0 Å². The van der Waals surface area contributed by atoms with E-state index in [1.807, 2.05) is 11.0 Å². The molecule has 0 aliphatic heterocycles. The fourth-order valence-electron chi connectivity index (χ4n) is 2.21. The lowest BCUT2D eigenvalue weighted by molar-refractivity contribution is 0.0755. The minimum absolute atomic E-state index is 0.0601. The normalized spacial score (nSPS) is 10.4. The van der Waals surface area contributed by atoms with Crippen LogP contribution in [0.4, 0.5) is 5.82 Å². The predicted octanol–water partition coefficient (Wildman–Crippen LogP) is 2.58. The molecule has 0 aliphatic carbocycles. The molecule has 0 unspecified atom stereocenters. The number of aryl methyl sites for hydroxylation is 1. The topological polar surface area (TPSA) is 71.2 Å². The molecule has 0 fully saturated rings. The maximum atomic E-state index is 12.6. The van der Waals surface area contributed by atoms with Crippen LogP contribution in [0, 0.1) is 0 Å². The molecule has 1 aromatic rings. The number of carbonyl (C=O) groups is 1. The number of nitrogens with one attached hydrogen (secondary N) is 1. The number of aromatic nitrogens is 1. The van der Waals surface area contributed by atoms with E-state index in [-0.39, 0.29) is 5.91 Å². The van der Waals surface area contributed by atoms with Gasteiger partial charge in [-0.15, -0.1) is 0 Å². The minimum Gasteiger partial charge on any atom is -0.339 e. The van der Waals surface area contributed by atoms with Crippen LogP contribution in [0.5, 0.6) is 0 Å². The van der Waals surface area contributed by atoms with Crippen LogP contribution in [-0.4, -0.2) is 28.9 Å². The first-order valence-electron chi connectivity index (χ1n) is 7.43. The van der Waals surface area contributed by atoms with E-state index in [4.69, 9.17) is 5.84 Å². The van der Waals surface area contributed by atoms with Gasteiger partial charge in [0, 0.05) is 24.3 Å². The summed E-state index contributed by atoms with van der Waals surface area (Å²) in [6.07, 6.45) is 3.75. The number of amides is 1. The number of nitrogen functional groups attached to an aromatic ring is 1. The third-order valence-electron chi connectivity index (χ3n) is 3.05. The monoisotopic (exact) mass is 278 g/mol. The molecule has 20 heavy (non-hydrogen) atoms. The zero-order chi connectivity index (χ0) is 15.0. The van der Waals surface area contributed by atoms with E-state index in [0.29, 0.717) is 11.4 Å². The Morgan fingerprint density at radius 2 is 1.85 bits per heavy atom. The Hall–Kier alpha value is -1.62. The highest BCUT2D eigenvalue weighted by Gasteiger charge is 2.16. The second-order valence-corrected chi connectivity index (χ2v) is 4.92. The molecule has 0 bridgehead atoms. The van der Waals surface area contributed by atoms with Gasteiger partial charge in [0.05, 0.1) is 0 Å². The molecular formula is C15H26N4O. The van der Waals surface area contributed by atoms with Crippen LogP contribution in [0.1, 0.15) is 56.1 Å². The number of hydrogen-bond donors (Lipinski definition) is 2. The summed E-state index contributed by atoms with van der Waals surface area (Å²) < 4.78 is 0. The van der Waals surface area contributed by atoms with Crippen LogP contribution >= 0.6 is 0 Å². The zero-order valence-electron chi connectivity index (χ0n) is 12.8. The van der Waals surface area contributed by atoms with Crippen molar-refractivity contribution < 1.29 is 4.79 Å². The van der Waals surface area contributed by atoms with Gasteiger partial charge in [-0.1, -0.05) is 27.2 Å². The number of hydrogen-bond acceptors (Lipinski definition) is 4. The van der Waals surface area contributed by atoms with Gasteiger partial charge in [0.25, 0.3) is 5.91 Å². The molecule has 3 N–H and O–H groups in total. The quantitative estimate of drug-likeness (QED) is 0.566. The van der Waals surface area contributed by atoms with Gasteiger partial charge in [0.2, 0.25) is 0 Å². The van der Waals surface area contributed by atoms with Gasteiger partial charge in [0.15, 0.2) is 0 Å². The number of anilines is 1. The summed E-state index contributed by atoms with van der Waals surface area (Å²) in [6.45, 7) is 7.81. The summed E-state index contributed by atoms with van der Waals surface area (Å²) in [5.41, 5.74) is 4.11. The minimum atomic E-state index is 0.0601. The van der Waals surface area contributed by atoms with Gasteiger partial charge in [-0.25, -0.2) is 10.8 Å². The van der Waals surface area contributed by atoms with E-state index in [9.17, 15) is 4.79 Å². The zero-order valence-corrected chi connectivity index (χ0v) is 12.8. The third kappa shape index (κ3) is 4.49. The number of carbonyl (C=O) groups excluding carboxylic acids is 1. The third-order valence-corrected chi connectivity index (χ3v) is 3.05. The van der Waals surface area contributed by atoms with Crippen molar-refractivity contribution in [3.05, 3.63) is 23.4 Å². The van der Waals surface area contributed by atoms with E-state index >= 15 is 0 Å². The lowest BCUT2D eigenvalue weighted by Gasteiger charge is -2.22.